The Morgan fingerprint density at radius 1 is 1.30 bits per heavy atom. The number of urea groups is 1. The Kier molecular flexibility index (Phi) is 6.96. The van der Waals surface area contributed by atoms with Gasteiger partial charge in [0.15, 0.2) is 11.2 Å². The van der Waals surface area contributed by atoms with Crippen molar-refractivity contribution in [2.75, 3.05) is 13.1 Å². The first-order chi connectivity index (χ1) is 14.3. The number of aryl methyl sites for hydroxylation is 2. The highest BCUT2D eigenvalue weighted by Gasteiger charge is 2.26. The lowest BCUT2D eigenvalue weighted by molar-refractivity contribution is 0.244. The smallest absolute Gasteiger partial charge is 0.330 e. The van der Waals surface area contributed by atoms with Crippen LogP contribution in [0.5, 0.6) is 0 Å². The zero-order valence-electron chi connectivity index (χ0n) is 18.1. The standard InChI is InChI=1S/C20H33N7O3/c1-4-5-8-27-17-16(18(28)24-20(27)30)26(10-6-13(2)3)15(23-17)12-25-9-7-14(11-25)22-19(21)29/h13-14H,4-12H2,1-3H3,(H3,21,22,29)(H,24,28,30). The Morgan fingerprint density at radius 3 is 2.73 bits per heavy atom. The van der Waals surface area contributed by atoms with Crippen LogP contribution in [0.25, 0.3) is 11.2 Å². The third-order valence-electron chi connectivity index (χ3n) is 5.61. The summed E-state index contributed by atoms with van der Waals surface area (Å²) in [5.41, 5.74) is 5.37. The van der Waals surface area contributed by atoms with Crippen molar-refractivity contribution in [3.8, 4) is 0 Å². The summed E-state index contributed by atoms with van der Waals surface area (Å²) in [6, 6.07) is -0.500. The maximum atomic E-state index is 12.7. The second-order valence-electron chi connectivity index (χ2n) is 8.53. The van der Waals surface area contributed by atoms with Crippen molar-refractivity contribution in [3.05, 3.63) is 26.7 Å². The van der Waals surface area contributed by atoms with E-state index in [9.17, 15) is 14.4 Å². The largest absolute Gasteiger partial charge is 0.352 e. The normalized spacial score (nSPS) is 17.3. The lowest BCUT2D eigenvalue weighted by atomic mass is 10.1. The van der Waals surface area contributed by atoms with Crippen LogP contribution in [0, 0.1) is 5.92 Å². The number of likely N-dealkylation sites (tertiary alicyclic amines) is 1. The number of fused-ring (bicyclic) bond motifs is 1. The van der Waals surface area contributed by atoms with Gasteiger partial charge in [-0.05, 0) is 25.2 Å². The molecule has 4 N–H and O–H groups in total. The molecule has 1 saturated heterocycles. The number of carbonyl (C=O) groups is 1. The summed E-state index contributed by atoms with van der Waals surface area (Å²) < 4.78 is 3.54. The van der Waals surface area contributed by atoms with Gasteiger partial charge in [-0.15, -0.1) is 0 Å². The van der Waals surface area contributed by atoms with Crippen molar-refractivity contribution >= 4 is 17.2 Å². The van der Waals surface area contributed by atoms with E-state index >= 15 is 0 Å². The van der Waals surface area contributed by atoms with Crippen molar-refractivity contribution in [1.82, 2.24) is 29.3 Å². The van der Waals surface area contributed by atoms with E-state index in [1.54, 1.807) is 4.57 Å². The molecule has 1 unspecified atom stereocenters. The van der Waals surface area contributed by atoms with Crippen molar-refractivity contribution in [2.45, 2.75) is 72.1 Å². The van der Waals surface area contributed by atoms with Crippen LogP contribution in [0.3, 0.4) is 0 Å². The molecule has 2 amide bonds. The molecule has 0 spiro atoms. The van der Waals surface area contributed by atoms with Gasteiger partial charge < -0.3 is 15.6 Å². The van der Waals surface area contributed by atoms with Crippen LogP contribution >= 0.6 is 0 Å². The second kappa shape index (κ2) is 9.46. The second-order valence-corrected chi connectivity index (χ2v) is 8.53. The number of amides is 2. The fourth-order valence-corrected chi connectivity index (χ4v) is 3.99. The summed E-state index contributed by atoms with van der Waals surface area (Å²) in [5, 5.41) is 2.76. The summed E-state index contributed by atoms with van der Waals surface area (Å²) in [5.74, 6) is 1.24. The number of nitrogens with two attached hydrogens (primary N) is 1. The Hall–Kier alpha value is -2.62. The molecular weight excluding hydrogens is 386 g/mol. The zero-order chi connectivity index (χ0) is 21.8. The molecule has 0 aromatic carbocycles. The lowest BCUT2D eigenvalue weighted by Gasteiger charge is -2.17. The maximum absolute atomic E-state index is 12.7. The number of carbonyl (C=O) groups excluding carboxylic acids is 1. The highest BCUT2D eigenvalue weighted by molar-refractivity contribution is 5.72. The van der Waals surface area contributed by atoms with Gasteiger partial charge in [-0.1, -0.05) is 27.2 Å². The number of nitrogens with one attached hydrogen (secondary N) is 2. The minimum atomic E-state index is -0.516. The molecule has 10 heteroatoms. The van der Waals surface area contributed by atoms with Gasteiger partial charge in [0.2, 0.25) is 0 Å². The molecular formula is C20H33N7O3. The van der Waals surface area contributed by atoms with E-state index in [0.717, 1.165) is 38.1 Å². The lowest BCUT2D eigenvalue weighted by Crippen LogP contribution is -2.40. The van der Waals surface area contributed by atoms with Crippen molar-refractivity contribution in [2.24, 2.45) is 11.7 Å². The van der Waals surface area contributed by atoms with Crippen LogP contribution < -0.4 is 22.3 Å². The monoisotopic (exact) mass is 419 g/mol. The van der Waals surface area contributed by atoms with Gasteiger partial charge in [-0.2, -0.15) is 0 Å². The topological polar surface area (TPSA) is 131 Å². The van der Waals surface area contributed by atoms with Gasteiger partial charge >= 0.3 is 11.7 Å². The maximum Gasteiger partial charge on any atom is 0.330 e. The molecule has 166 valence electrons. The van der Waals surface area contributed by atoms with E-state index in [4.69, 9.17) is 10.7 Å². The molecule has 1 aliphatic heterocycles. The number of hydrogen-bond acceptors (Lipinski definition) is 5. The molecule has 0 bridgehead atoms. The first-order valence-electron chi connectivity index (χ1n) is 10.8. The predicted molar refractivity (Wildman–Crippen MR) is 115 cm³/mol. The van der Waals surface area contributed by atoms with E-state index in [1.807, 2.05) is 4.57 Å². The van der Waals surface area contributed by atoms with Crippen molar-refractivity contribution in [3.63, 3.8) is 0 Å². The van der Waals surface area contributed by atoms with Crippen LogP contribution in [0.1, 0.15) is 52.3 Å². The Balaban J connectivity index is 1.98. The summed E-state index contributed by atoms with van der Waals surface area (Å²) in [4.78, 5) is 45.7. The minimum absolute atomic E-state index is 0.0159. The summed E-state index contributed by atoms with van der Waals surface area (Å²) in [6.45, 7) is 9.55. The molecule has 1 fully saturated rings. The van der Waals surface area contributed by atoms with Crippen molar-refractivity contribution < 1.29 is 4.79 Å². The van der Waals surface area contributed by atoms with Gasteiger partial charge in [-0.25, -0.2) is 14.6 Å². The third kappa shape index (κ3) is 4.92. The number of hydrogen-bond donors (Lipinski definition) is 3. The number of aromatic nitrogens is 4. The average Bonchev–Trinajstić information content (AvgIpc) is 3.24. The number of aromatic amines is 1. The van der Waals surface area contributed by atoms with E-state index in [0.29, 0.717) is 43.3 Å². The van der Waals surface area contributed by atoms with Crippen LogP contribution in [0.2, 0.25) is 0 Å². The highest BCUT2D eigenvalue weighted by atomic mass is 16.2. The zero-order valence-corrected chi connectivity index (χ0v) is 18.1. The molecule has 0 aliphatic carbocycles. The summed E-state index contributed by atoms with van der Waals surface area (Å²) in [7, 11) is 0. The summed E-state index contributed by atoms with van der Waals surface area (Å²) >= 11 is 0. The van der Waals surface area contributed by atoms with Gasteiger partial charge in [0.05, 0.1) is 6.54 Å². The van der Waals surface area contributed by atoms with E-state index in [2.05, 4.69) is 36.0 Å². The number of unbranched alkanes of at least 4 members (excludes halogenated alkanes) is 1. The Morgan fingerprint density at radius 2 is 2.07 bits per heavy atom. The third-order valence-corrected chi connectivity index (χ3v) is 5.61. The van der Waals surface area contributed by atoms with Crippen LogP contribution in [0.15, 0.2) is 9.59 Å². The Labute approximate surface area is 175 Å². The molecule has 10 nitrogen and oxygen atoms in total. The first kappa shape index (κ1) is 22.1. The first-order valence-corrected chi connectivity index (χ1v) is 10.8. The fourth-order valence-electron chi connectivity index (χ4n) is 3.99. The molecule has 3 heterocycles. The Bertz CT molecular complexity index is 1000. The van der Waals surface area contributed by atoms with Crippen molar-refractivity contribution in [1.29, 1.82) is 0 Å². The van der Waals surface area contributed by atoms with Gasteiger partial charge in [0.25, 0.3) is 5.56 Å². The van der Waals surface area contributed by atoms with Crippen LogP contribution in [-0.2, 0) is 19.6 Å². The van der Waals surface area contributed by atoms with E-state index in [-0.39, 0.29) is 11.6 Å². The highest BCUT2D eigenvalue weighted by Crippen LogP contribution is 2.19. The van der Waals surface area contributed by atoms with Gasteiger partial charge in [-0.3, -0.25) is 19.2 Å². The van der Waals surface area contributed by atoms with E-state index in [1.165, 1.54) is 0 Å². The van der Waals surface area contributed by atoms with Crippen LogP contribution in [-0.4, -0.2) is 49.2 Å². The molecule has 2 aromatic rings. The number of H-pyrrole nitrogens is 1. The molecule has 0 radical (unpaired) electrons. The molecule has 1 atom stereocenters. The molecule has 2 aromatic heterocycles. The quantitative estimate of drug-likeness (QED) is 0.557. The van der Waals surface area contributed by atoms with E-state index < -0.39 is 11.7 Å². The number of nitrogens with zero attached hydrogens (tertiary/aromatic N) is 4. The number of rotatable bonds is 9. The molecule has 0 saturated carbocycles. The minimum Gasteiger partial charge on any atom is -0.352 e. The fraction of sp³-hybridized carbons (Fsp3) is 0.700. The predicted octanol–water partition coefficient (Wildman–Crippen LogP) is 0.975. The molecule has 1 aliphatic rings. The number of imidazole rings is 1. The SMILES string of the molecule is CCCCn1c(=O)[nH]c(=O)c2c1nc(CN1CCC(NC(N)=O)C1)n2CCC(C)C. The van der Waals surface area contributed by atoms with Crippen LogP contribution in [0.4, 0.5) is 4.79 Å². The average molecular weight is 420 g/mol. The van der Waals surface area contributed by atoms with Gasteiger partial charge in [0, 0.05) is 32.2 Å². The summed E-state index contributed by atoms with van der Waals surface area (Å²) in [6.07, 6.45) is 3.49. The molecule has 3 rings (SSSR count). The number of primary amides is 1. The van der Waals surface area contributed by atoms with Gasteiger partial charge in [0.1, 0.15) is 5.82 Å². The molecule has 30 heavy (non-hydrogen) atoms.